The fourth-order valence-corrected chi connectivity index (χ4v) is 3.16. The van der Waals surface area contributed by atoms with Crippen LogP contribution in [0.1, 0.15) is 24.0 Å². The van der Waals surface area contributed by atoms with E-state index >= 15 is 0 Å². The van der Waals surface area contributed by atoms with Gasteiger partial charge in [0.25, 0.3) is 0 Å². The van der Waals surface area contributed by atoms with Crippen LogP contribution < -0.4 is 15.4 Å². The van der Waals surface area contributed by atoms with E-state index in [0.29, 0.717) is 0 Å². The minimum absolute atomic E-state index is 0. The predicted octanol–water partition coefficient (Wildman–Crippen LogP) is 3.89. The van der Waals surface area contributed by atoms with E-state index in [2.05, 4.69) is 21.7 Å². The van der Waals surface area contributed by atoms with Crippen molar-refractivity contribution in [2.45, 2.75) is 24.7 Å². The van der Waals surface area contributed by atoms with Gasteiger partial charge in [-0.2, -0.15) is 0 Å². The first-order valence-electron chi connectivity index (χ1n) is 8.99. The summed E-state index contributed by atoms with van der Waals surface area (Å²) in [7, 11) is 3.44. The Labute approximate surface area is 177 Å². The van der Waals surface area contributed by atoms with Gasteiger partial charge in [-0.1, -0.05) is 24.3 Å². The summed E-state index contributed by atoms with van der Waals surface area (Å²) in [6.07, 6.45) is 3.03. The SMILES string of the molecule is CN=C(NCCc1cccc(OC)c1)NCC1(c2cccc(F)c2)CC1.I. The largest absolute Gasteiger partial charge is 0.497 e. The van der Waals surface area contributed by atoms with Gasteiger partial charge in [0.2, 0.25) is 0 Å². The van der Waals surface area contributed by atoms with Gasteiger partial charge in [-0.25, -0.2) is 4.39 Å². The average molecular weight is 483 g/mol. The number of benzene rings is 2. The monoisotopic (exact) mass is 483 g/mol. The summed E-state index contributed by atoms with van der Waals surface area (Å²) in [6.45, 7) is 1.54. The highest BCUT2D eigenvalue weighted by Gasteiger charge is 2.44. The third-order valence-electron chi connectivity index (χ3n) is 4.95. The number of aliphatic imine (C=N–C) groups is 1. The summed E-state index contributed by atoms with van der Waals surface area (Å²) in [6, 6.07) is 15.0. The topological polar surface area (TPSA) is 45.7 Å². The van der Waals surface area contributed by atoms with Crippen molar-refractivity contribution in [3.63, 3.8) is 0 Å². The molecule has 0 unspecified atom stereocenters. The number of nitrogens with zero attached hydrogens (tertiary/aromatic N) is 1. The molecule has 0 radical (unpaired) electrons. The Bertz CT molecular complexity index is 778. The quantitative estimate of drug-likeness (QED) is 0.357. The average Bonchev–Trinajstić information content (AvgIpc) is 3.46. The van der Waals surface area contributed by atoms with Crippen LogP contribution in [0.3, 0.4) is 0 Å². The molecule has 4 nitrogen and oxygen atoms in total. The zero-order valence-electron chi connectivity index (χ0n) is 15.8. The Hall–Kier alpha value is -1.83. The number of rotatable bonds is 7. The highest BCUT2D eigenvalue weighted by atomic mass is 127. The minimum Gasteiger partial charge on any atom is -0.497 e. The van der Waals surface area contributed by atoms with Gasteiger partial charge in [0, 0.05) is 25.6 Å². The lowest BCUT2D eigenvalue weighted by Crippen LogP contribution is -2.42. The van der Waals surface area contributed by atoms with Crippen molar-refractivity contribution in [1.29, 1.82) is 0 Å². The van der Waals surface area contributed by atoms with Crippen molar-refractivity contribution < 1.29 is 9.13 Å². The van der Waals surface area contributed by atoms with Crippen molar-refractivity contribution in [2.75, 3.05) is 27.2 Å². The highest BCUT2D eigenvalue weighted by molar-refractivity contribution is 14.0. The molecule has 2 aromatic carbocycles. The predicted molar refractivity (Wildman–Crippen MR) is 119 cm³/mol. The molecule has 6 heteroatoms. The fourth-order valence-electron chi connectivity index (χ4n) is 3.16. The van der Waals surface area contributed by atoms with Crippen LogP contribution in [0, 0.1) is 5.82 Å². The smallest absolute Gasteiger partial charge is 0.191 e. The van der Waals surface area contributed by atoms with E-state index in [0.717, 1.165) is 49.6 Å². The highest BCUT2D eigenvalue weighted by Crippen LogP contribution is 2.47. The van der Waals surface area contributed by atoms with Gasteiger partial charge >= 0.3 is 0 Å². The molecule has 0 atom stereocenters. The third-order valence-corrected chi connectivity index (χ3v) is 4.95. The zero-order chi connectivity index (χ0) is 18.4. The van der Waals surface area contributed by atoms with E-state index in [1.807, 2.05) is 24.3 Å². The molecule has 0 aromatic heterocycles. The van der Waals surface area contributed by atoms with Crippen LogP contribution in [-0.2, 0) is 11.8 Å². The second-order valence-corrected chi connectivity index (χ2v) is 6.74. The molecule has 0 amide bonds. The molecule has 0 aliphatic heterocycles. The molecule has 1 fully saturated rings. The molecule has 3 rings (SSSR count). The summed E-state index contributed by atoms with van der Waals surface area (Å²) < 4.78 is 18.8. The molecule has 0 saturated heterocycles. The van der Waals surface area contributed by atoms with Crippen LogP contribution in [0.15, 0.2) is 53.5 Å². The molecule has 2 aromatic rings. The number of hydrogen-bond donors (Lipinski definition) is 2. The van der Waals surface area contributed by atoms with E-state index < -0.39 is 0 Å². The zero-order valence-corrected chi connectivity index (χ0v) is 18.1. The summed E-state index contributed by atoms with van der Waals surface area (Å²) in [5.74, 6) is 1.47. The lowest BCUT2D eigenvalue weighted by molar-refractivity contribution is 0.414. The maximum Gasteiger partial charge on any atom is 0.191 e. The first-order chi connectivity index (χ1) is 12.6. The lowest BCUT2D eigenvalue weighted by Gasteiger charge is -2.19. The van der Waals surface area contributed by atoms with Crippen LogP contribution in [-0.4, -0.2) is 33.2 Å². The van der Waals surface area contributed by atoms with Gasteiger partial charge in [0.05, 0.1) is 7.11 Å². The molecule has 1 aliphatic carbocycles. The Morgan fingerprint density at radius 2 is 1.93 bits per heavy atom. The Kier molecular flexibility index (Phi) is 7.89. The van der Waals surface area contributed by atoms with Gasteiger partial charge in [0.1, 0.15) is 11.6 Å². The van der Waals surface area contributed by atoms with Gasteiger partial charge in [0.15, 0.2) is 5.96 Å². The fraction of sp³-hybridized carbons (Fsp3) is 0.381. The molecule has 2 N–H and O–H groups in total. The minimum atomic E-state index is -0.172. The lowest BCUT2D eigenvalue weighted by atomic mass is 9.96. The van der Waals surface area contributed by atoms with Crippen molar-refractivity contribution in [3.05, 3.63) is 65.5 Å². The molecule has 27 heavy (non-hydrogen) atoms. The van der Waals surface area contributed by atoms with Crippen LogP contribution >= 0.6 is 24.0 Å². The number of nitrogens with one attached hydrogen (secondary N) is 2. The molecule has 0 spiro atoms. The van der Waals surface area contributed by atoms with E-state index in [-0.39, 0.29) is 35.2 Å². The third kappa shape index (κ3) is 5.82. The summed E-state index contributed by atoms with van der Waals surface area (Å²) in [5, 5.41) is 6.73. The van der Waals surface area contributed by atoms with Gasteiger partial charge in [-0.05, 0) is 54.7 Å². The van der Waals surface area contributed by atoms with E-state index in [1.165, 1.54) is 11.6 Å². The maximum atomic E-state index is 13.5. The van der Waals surface area contributed by atoms with Gasteiger partial charge < -0.3 is 15.4 Å². The number of methoxy groups -OCH3 is 1. The summed E-state index contributed by atoms with van der Waals surface area (Å²) in [4.78, 5) is 4.29. The van der Waals surface area contributed by atoms with Crippen LogP contribution in [0.25, 0.3) is 0 Å². The maximum absolute atomic E-state index is 13.5. The van der Waals surface area contributed by atoms with Crippen molar-refractivity contribution in [2.24, 2.45) is 4.99 Å². The number of halogens is 2. The van der Waals surface area contributed by atoms with Crippen molar-refractivity contribution in [3.8, 4) is 5.75 Å². The van der Waals surface area contributed by atoms with Crippen molar-refractivity contribution in [1.82, 2.24) is 10.6 Å². The molecule has 1 aliphatic rings. The van der Waals surface area contributed by atoms with Gasteiger partial charge in [-0.3, -0.25) is 4.99 Å². The first kappa shape index (κ1) is 21.5. The van der Waals surface area contributed by atoms with Crippen LogP contribution in [0.2, 0.25) is 0 Å². The molecule has 146 valence electrons. The van der Waals surface area contributed by atoms with E-state index in [4.69, 9.17) is 4.74 Å². The first-order valence-corrected chi connectivity index (χ1v) is 8.99. The van der Waals surface area contributed by atoms with Gasteiger partial charge in [-0.15, -0.1) is 24.0 Å². The Balaban J connectivity index is 0.00000261. The number of guanidine groups is 1. The Morgan fingerprint density at radius 1 is 1.15 bits per heavy atom. The summed E-state index contributed by atoms with van der Waals surface area (Å²) >= 11 is 0. The molecule has 1 saturated carbocycles. The number of ether oxygens (including phenoxy) is 1. The second kappa shape index (κ2) is 9.92. The second-order valence-electron chi connectivity index (χ2n) is 6.74. The standard InChI is InChI=1S/C21H26FN3O.HI/c1-23-20(24-12-9-16-5-3-8-19(13-16)26-2)25-15-21(10-11-21)17-6-4-7-18(22)14-17;/h3-8,13-14H,9-12,15H2,1-2H3,(H2,23,24,25);1H. The summed E-state index contributed by atoms with van der Waals surface area (Å²) in [5.41, 5.74) is 2.31. The molecule has 0 heterocycles. The van der Waals surface area contributed by atoms with E-state index in [9.17, 15) is 4.39 Å². The Morgan fingerprint density at radius 3 is 2.59 bits per heavy atom. The number of hydrogen-bond acceptors (Lipinski definition) is 2. The van der Waals surface area contributed by atoms with Crippen LogP contribution in [0.4, 0.5) is 4.39 Å². The molecule has 0 bridgehead atoms. The van der Waals surface area contributed by atoms with Crippen molar-refractivity contribution >= 4 is 29.9 Å². The molecular weight excluding hydrogens is 456 g/mol. The normalized spacial score (nSPS) is 14.9. The van der Waals surface area contributed by atoms with Crippen LogP contribution in [0.5, 0.6) is 5.75 Å². The molecular formula is C21H27FIN3O. The van der Waals surface area contributed by atoms with E-state index in [1.54, 1.807) is 26.3 Å².